The Balaban J connectivity index is 1.52. The average molecular weight is 330 g/mol. The third-order valence-corrected chi connectivity index (χ3v) is 5.32. The molecule has 4 rings (SSSR count). The number of ether oxygens (including phenoxy) is 1. The van der Waals surface area contributed by atoms with Crippen molar-refractivity contribution in [2.45, 2.75) is 37.7 Å². The van der Waals surface area contributed by atoms with Gasteiger partial charge in [-0.2, -0.15) is 0 Å². The maximum Gasteiger partial charge on any atom is 0.258 e. The van der Waals surface area contributed by atoms with E-state index >= 15 is 0 Å². The fourth-order valence-electron chi connectivity index (χ4n) is 3.21. The lowest BCUT2D eigenvalue weighted by atomic mass is 10.0. The minimum absolute atomic E-state index is 0.335. The van der Waals surface area contributed by atoms with Crippen LogP contribution < -0.4 is 10.1 Å². The number of carbonyl (C=O) groups is 1. The van der Waals surface area contributed by atoms with Crippen LogP contribution in [-0.2, 0) is 11.2 Å². The van der Waals surface area contributed by atoms with Crippen LogP contribution in [0.25, 0.3) is 11.3 Å². The van der Waals surface area contributed by atoms with E-state index in [1.165, 1.54) is 16.9 Å². The highest BCUT2D eigenvalue weighted by molar-refractivity contribution is 7.14. The van der Waals surface area contributed by atoms with Gasteiger partial charge in [-0.1, -0.05) is 0 Å². The van der Waals surface area contributed by atoms with Crippen molar-refractivity contribution in [3.8, 4) is 17.0 Å². The van der Waals surface area contributed by atoms with E-state index in [4.69, 9.17) is 4.74 Å². The number of aliphatic hydroxyl groups is 1. The molecule has 0 bridgehead atoms. The van der Waals surface area contributed by atoms with Crippen molar-refractivity contribution < 1.29 is 14.6 Å². The van der Waals surface area contributed by atoms with Crippen molar-refractivity contribution in [1.82, 2.24) is 4.98 Å². The zero-order chi connectivity index (χ0) is 15.9. The topological polar surface area (TPSA) is 71.5 Å². The standard InChI is InChI=1S/C17H18N2O3S/c20-15(17(21)6-1-2-7-17)19-16-18-13(10-23-16)11-3-4-14-12(9-11)5-8-22-14/h3-4,9-10,21H,1-2,5-8H2,(H,18,19,20). The van der Waals surface area contributed by atoms with Crippen LogP contribution in [0.4, 0.5) is 5.13 Å². The Morgan fingerprint density at radius 2 is 2.17 bits per heavy atom. The van der Waals surface area contributed by atoms with Gasteiger partial charge in [-0.05, 0) is 49.4 Å². The number of carbonyl (C=O) groups excluding carboxylic acids is 1. The van der Waals surface area contributed by atoms with Gasteiger partial charge in [0.2, 0.25) is 0 Å². The van der Waals surface area contributed by atoms with Crippen molar-refractivity contribution in [2.24, 2.45) is 0 Å². The number of nitrogens with one attached hydrogen (secondary N) is 1. The van der Waals surface area contributed by atoms with Gasteiger partial charge in [0.25, 0.3) is 5.91 Å². The van der Waals surface area contributed by atoms with Crippen molar-refractivity contribution in [3.05, 3.63) is 29.1 Å². The van der Waals surface area contributed by atoms with Crippen LogP contribution in [0.3, 0.4) is 0 Å². The van der Waals surface area contributed by atoms with Crippen molar-refractivity contribution in [1.29, 1.82) is 0 Å². The van der Waals surface area contributed by atoms with Gasteiger partial charge in [-0.15, -0.1) is 11.3 Å². The lowest BCUT2D eigenvalue weighted by molar-refractivity contribution is -0.133. The summed E-state index contributed by atoms with van der Waals surface area (Å²) in [5.41, 5.74) is 1.82. The summed E-state index contributed by atoms with van der Waals surface area (Å²) in [6.45, 7) is 0.732. The molecule has 2 aliphatic rings. The second kappa shape index (κ2) is 5.62. The molecule has 120 valence electrons. The SMILES string of the molecule is O=C(Nc1nc(-c2ccc3c(c2)CCO3)cs1)C1(O)CCCC1. The van der Waals surface area contributed by atoms with Crippen molar-refractivity contribution >= 4 is 22.4 Å². The van der Waals surface area contributed by atoms with Gasteiger partial charge in [0.05, 0.1) is 12.3 Å². The molecule has 1 aromatic carbocycles. The number of nitrogens with zero attached hydrogens (tertiary/aromatic N) is 1. The van der Waals surface area contributed by atoms with E-state index in [9.17, 15) is 9.90 Å². The van der Waals surface area contributed by atoms with Crippen LogP contribution in [0, 0.1) is 0 Å². The van der Waals surface area contributed by atoms with Crippen LogP contribution in [0.1, 0.15) is 31.2 Å². The minimum atomic E-state index is -1.23. The molecule has 0 saturated heterocycles. The molecule has 0 atom stereocenters. The Bertz CT molecular complexity index is 750. The third kappa shape index (κ3) is 2.72. The Kier molecular flexibility index (Phi) is 3.58. The molecule has 2 heterocycles. The summed E-state index contributed by atoms with van der Waals surface area (Å²) in [6, 6.07) is 6.04. The monoisotopic (exact) mass is 330 g/mol. The molecule has 2 N–H and O–H groups in total. The molecular weight excluding hydrogens is 312 g/mol. The summed E-state index contributed by atoms with van der Waals surface area (Å²) in [5.74, 6) is 0.610. The first-order chi connectivity index (χ1) is 11.1. The quantitative estimate of drug-likeness (QED) is 0.907. The normalized spacial score (nSPS) is 18.5. The molecule has 1 aliphatic heterocycles. The molecule has 1 saturated carbocycles. The average Bonchev–Trinajstić information content (AvgIpc) is 3.26. The molecule has 1 aromatic heterocycles. The van der Waals surface area contributed by atoms with Gasteiger partial charge in [-0.3, -0.25) is 10.1 Å². The first kappa shape index (κ1) is 14.7. The third-order valence-electron chi connectivity index (χ3n) is 4.56. The Labute approximate surface area is 138 Å². The van der Waals surface area contributed by atoms with Gasteiger partial charge in [0.1, 0.15) is 11.4 Å². The lowest BCUT2D eigenvalue weighted by Crippen LogP contribution is -2.40. The van der Waals surface area contributed by atoms with Gasteiger partial charge in [-0.25, -0.2) is 4.98 Å². The highest BCUT2D eigenvalue weighted by atomic mass is 32.1. The Morgan fingerprint density at radius 3 is 3.00 bits per heavy atom. The molecule has 1 amide bonds. The lowest BCUT2D eigenvalue weighted by Gasteiger charge is -2.19. The first-order valence-corrected chi connectivity index (χ1v) is 8.77. The van der Waals surface area contributed by atoms with Gasteiger partial charge in [0, 0.05) is 17.4 Å². The predicted octanol–water partition coefficient (Wildman–Crippen LogP) is 2.99. The fraction of sp³-hybridized carbons (Fsp3) is 0.412. The molecule has 6 heteroatoms. The van der Waals surface area contributed by atoms with Crippen molar-refractivity contribution in [3.63, 3.8) is 0 Å². The first-order valence-electron chi connectivity index (χ1n) is 7.89. The number of rotatable bonds is 3. The van der Waals surface area contributed by atoms with E-state index in [-0.39, 0.29) is 5.91 Å². The fourth-order valence-corrected chi connectivity index (χ4v) is 3.92. The molecule has 5 nitrogen and oxygen atoms in total. The summed E-state index contributed by atoms with van der Waals surface area (Å²) >= 11 is 1.38. The van der Waals surface area contributed by atoms with Crippen LogP contribution in [-0.4, -0.2) is 28.2 Å². The number of hydrogen-bond acceptors (Lipinski definition) is 5. The largest absolute Gasteiger partial charge is 0.493 e. The summed E-state index contributed by atoms with van der Waals surface area (Å²) in [7, 11) is 0. The summed E-state index contributed by atoms with van der Waals surface area (Å²) in [4.78, 5) is 16.7. The highest BCUT2D eigenvalue weighted by Gasteiger charge is 2.39. The van der Waals surface area contributed by atoms with Gasteiger partial charge >= 0.3 is 0 Å². The smallest absolute Gasteiger partial charge is 0.258 e. The van der Waals surface area contributed by atoms with Crippen LogP contribution in [0.2, 0.25) is 0 Å². The van der Waals surface area contributed by atoms with E-state index in [1.807, 2.05) is 17.5 Å². The highest BCUT2D eigenvalue weighted by Crippen LogP contribution is 2.33. The molecule has 1 aliphatic carbocycles. The molecule has 0 unspecified atom stereocenters. The molecule has 2 aromatic rings. The number of thiazole rings is 1. The number of amides is 1. The predicted molar refractivity (Wildman–Crippen MR) is 88.8 cm³/mol. The Morgan fingerprint density at radius 1 is 1.35 bits per heavy atom. The zero-order valence-electron chi connectivity index (χ0n) is 12.7. The summed E-state index contributed by atoms with van der Waals surface area (Å²) in [6.07, 6.45) is 3.77. The van der Waals surface area contributed by atoms with Crippen LogP contribution in [0.15, 0.2) is 23.6 Å². The molecule has 1 fully saturated rings. The molecule has 0 spiro atoms. The number of aromatic nitrogens is 1. The van der Waals surface area contributed by atoms with E-state index < -0.39 is 5.60 Å². The summed E-state index contributed by atoms with van der Waals surface area (Å²) in [5, 5.41) is 15.5. The Hall–Kier alpha value is -1.92. The number of anilines is 1. The minimum Gasteiger partial charge on any atom is -0.493 e. The van der Waals surface area contributed by atoms with E-state index in [1.54, 1.807) is 0 Å². The second-order valence-electron chi connectivity index (χ2n) is 6.15. The maximum absolute atomic E-state index is 12.2. The van der Waals surface area contributed by atoms with E-state index in [0.717, 1.165) is 42.9 Å². The van der Waals surface area contributed by atoms with Crippen LogP contribution >= 0.6 is 11.3 Å². The zero-order valence-corrected chi connectivity index (χ0v) is 13.5. The number of benzene rings is 1. The number of hydrogen-bond donors (Lipinski definition) is 2. The van der Waals surface area contributed by atoms with Gasteiger partial charge in [0.15, 0.2) is 5.13 Å². The second-order valence-corrected chi connectivity index (χ2v) is 7.01. The van der Waals surface area contributed by atoms with E-state index in [0.29, 0.717) is 18.0 Å². The van der Waals surface area contributed by atoms with Crippen LogP contribution in [0.5, 0.6) is 5.75 Å². The molecule has 23 heavy (non-hydrogen) atoms. The maximum atomic E-state index is 12.2. The molecular formula is C17H18N2O3S. The van der Waals surface area contributed by atoms with Crippen molar-refractivity contribution in [2.75, 3.05) is 11.9 Å². The number of fused-ring (bicyclic) bond motifs is 1. The van der Waals surface area contributed by atoms with E-state index in [2.05, 4.69) is 16.4 Å². The summed E-state index contributed by atoms with van der Waals surface area (Å²) < 4.78 is 5.51. The molecule has 0 radical (unpaired) electrons. The van der Waals surface area contributed by atoms with Gasteiger partial charge < -0.3 is 9.84 Å².